The molecular formula is C18H22N2O3S2. The number of rotatable bonds is 8. The lowest BCUT2D eigenvalue weighted by Gasteiger charge is -2.13. The van der Waals surface area contributed by atoms with Gasteiger partial charge in [-0.3, -0.25) is 9.52 Å². The summed E-state index contributed by atoms with van der Waals surface area (Å²) in [5.41, 5.74) is 6.70. The fourth-order valence-electron chi connectivity index (χ4n) is 2.24. The molecule has 25 heavy (non-hydrogen) atoms. The highest BCUT2D eigenvalue weighted by molar-refractivity contribution is 8.00. The molecule has 0 fully saturated rings. The number of para-hydroxylation sites is 1. The van der Waals surface area contributed by atoms with Crippen molar-refractivity contribution in [1.82, 2.24) is 0 Å². The number of benzene rings is 2. The summed E-state index contributed by atoms with van der Waals surface area (Å²) in [4.78, 5) is 11.8. The van der Waals surface area contributed by atoms with Gasteiger partial charge in [0, 0.05) is 4.90 Å². The molecule has 2 aromatic rings. The largest absolute Gasteiger partial charge is 0.369 e. The van der Waals surface area contributed by atoms with Crippen LogP contribution in [0.25, 0.3) is 0 Å². The first kappa shape index (κ1) is 19.3. The Morgan fingerprint density at radius 2 is 1.80 bits per heavy atom. The number of nitrogens with one attached hydrogen (secondary N) is 1. The number of hydrogen-bond donors (Lipinski definition) is 2. The molecule has 0 aliphatic rings. The van der Waals surface area contributed by atoms with E-state index < -0.39 is 15.9 Å². The molecule has 0 heterocycles. The van der Waals surface area contributed by atoms with Gasteiger partial charge in [0.2, 0.25) is 5.91 Å². The van der Waals surface area contributed by atoms with Crippen LogP contribution in [0.2, 0.25) is 0 Å². The predicted molar refractivity (Wildman–Crippen MR) is 102 cm³/mol. The molecule has 0 aromatic heterocycles. The molecule has 0 radical (unpaired) electrons. The van der Waals surface area contributed by atoms with Crippen molar-refractivity contribution in [1.29, 1.82) is 0 Å². The van der Waals surface area contributed by atoms with E-state index in [9.17, 15) is 13.2 Å². The number of primary amides is 1. The van der Waals surface area contributed by atoms with E-state index in [1.807, 2.05) is 12.1 Å². The second kappa shape index (κ2) is 8.40. The average molecular weight is 379 g/mol. The SMILES string of the molecule is CC[C@@H](C)c1ccc(S(=O)(=O)Nc2ccccc2SCC(N)=O)cc1. The van der Waals surface area contributed by atoms with Crippen LogP contribution in [-0.2, 0) is 14.8 Å². The molecule has 0 saturated heterocycles. The summed E-state index contributed by atoms with van der Waals surface area (Å²) in [6, 6.07) is 13.8. The van der Waals surface area contributed by atoms with Gasteiger partial charge in [-0.2, -0.15) is 0 Å². The number of carbonyl (C=O) groups is 1. The van der Waals surface area contributed by atoms with E-state index in [0.29, 0.717) is 16.5 Å². The van der Waals surface area contributed by atoms with E-state index in [4.69, 9.17) is 5.73 Å². The number of anilines is 1. The molecule has 0 saturated carbocycles. The fraction of sp³-hybridized carbons (Fsp3) is 0.278. The van der Waals surface area contributed by atoms with Crippen molar-refractivity contribution in [3.8, 4) is 0 Å². The van der Waals surface area contributed by atoms with E-state index in [0.717, 1.165) is 12.0 Å². The first-order valence-electron chi connectivity index (χ1n) is 7.96. The molecule has 2 rings (SSSR count). The first-order chi connectivity index (χ1) is 11.8. The van der Waals surface area contributed by atoms with Crippen molar-refractivity contribution in [2.24, 2.45) is 5.73 Å². The van der Waals surface area contributed by atoms with Crippen molar-refractivity contribution in [3.63, 3.8) is 0 Å². The smallest absolute Gasteiger partial charge is 0.261 e. The summed E-state index contributed by atoms with van der Waals surface area (Å²) in [5, 5.41) is 0. The summed E-state index contributed by atoms with van der Waals surface area (Å²) in [5.74, 6) is 0.0152. The Morgan fingerprint density at radius 1 is 1.16 bits per heavy atom. The van der Waals surface area contributed by atoms with E-state index in [1.165, 1.54) is 11.8 Å². The van der Waals surface area contributed by atoms with E-state index in [1.54, 1.807) is 36.4 Å². The van der Waals surface area contributed by atoms with Gasteiger partial charge in [0.15, 0.2) is 0 Å². The lowest BCUT2D eigenvalue weighted by Crippen LogP contribution is -2.15. The van der Waals surface area contributed by atoms with Crippen LogP contribution >= 0.6 is 11.8 Å². The highest BCUT2D eigenvalue weighted by Crippen LogP contribution is 2.29. The maximum Gasteiger partial charge on any atom is 0.261 e. The predicted octanol–water partition coefficient (Wildman–Crippen LogP) is 3.58. The van der Waals surface area contributed by atoms with Crippen molar-refractivity contribution in [2.45, 2.75) is 36.0 Å². The number of hydrogen-bond acceptors (Lipinski definition) is 4. The molecule has 5 nitrogen and oxygen atoms in total. The zero-order chi connectivity index (χ0) is 18.4. The molecule has 7 heteroatoms. The van der Waals surface area contributed by atoms with Gasteiger partial charge >= 0.3 is 0 Å². The Hall–Kier alpha value is -1.99. The Morgan fingerprint density at radius 3 is 2.40 bits per heavy atom. The van der Waals surface area contributed by atoms with E-state index in [2.05, 4.69) is 18.6 Å². The minimum Gasteiger partial charge on any atom is -0.369 e. The first-order valence-corrected chi connectivity index (χ1v) is 10.4. The molecule has 0 aliphatic heterocycles. The molecule has 1 atom stereocenters. The molecule has 3 N–H and O–H groups in total. The van der Waals surface area contributed by atoms with Gasteiger partial charge in [0.25, 0.3) is 10.0 Å². The van der Waals surface area contributed by atoms with Crippen molar-refractivity contribution in [2.75, 3.05) is 10.5 Å². The van der Waals surface area contributed by atoms with Gasteiger partial charge in [0.1, 0.15) is 0 Å². The maximum atomic E-state index is 12.6. The van der Waals surface area contributed by atoms with E-state index >= 15 is 0 Å². The zero-order valence-electron chi connectivity index (χ0n) is 14.2. The lowest BCUT2D eigenvalue weighted by atomic mass is 9.99. The average Bonchev–Trinajstić information content (AvgIpc) is 2.60. The zero-order valence-corrected chi connectivity index (χ0v) is 15.9. The maximum absolute atomic E-state index is 12.6. The molecule has 134 valence electrons. The van der Waals surface area contributed by atoms with Gasteiger partial charge in [-0.1, -0.05) is 38.1 Å². The topological polar surface area (TPSA) is 89.3 Å². The van der Waals surface area contributed by atoms with Crippen molar-refractivity contribution >= 4 is 33.4 Å². The third-order valence-corrected chi connectivity index (χ3v) is 6.35. The van der Waals surface area contributed by atoms with Crippen LogP contribution in [-0.4, -0.2) is 20.1 Å². The second-order valence-electron chi connectivity index (χ2n) is 5.73. The third-order valence-electron chi connectivity index (χ3n) is 3.87. The second-order valence-corrected chi connectivity index (χ2v) is 8.43. The van der Waals surface area contributed by atoms with Crippen molar-refractivity contribution < 1.29 is 13.2 Å². The van der Waals surface area contributed by atoms with Crippen LogP contribution in [0.4, 0.5) is 5.69 Å². The molecule has 2 aromatic carbocycles. The van der Waals surface area contributed by atoms with Crippen molar-refractivity contribution in [3.05, 3.63) is 54.1 Å². The summed E-state index contributed by atoms with van der Waals surface area (Å²) >= 11 is 1.20. The normalized spacial score (nSPS) is 12.6. The monoisotopic (exact) mass is 378 g/mol. The standard InChI is InChI=1S/C18H22N2O3S2/c1-3-13(2)14-8-10-15(11-9-14)25(22,23)20-16-6-4-5-7-17(16)24-12-18(19)21/h4-11,13,20H,3,12H2,1-2H3,(H2,19,21)/t13-/m1/s1. The van der Waals surface area contributed by atoms with Gasteiger partial charge < -0.3 is 5.73 Å². The Balaban J connectivity index is 2.23. The Bertz CT molecular complexity index is 834. The highest BCUT2D eigenvalue weighted by atomic mass is 32.2. The van der Waals surface area contributed by atoms with Gasteiger partial charge in [-0.05, 0) is 42.2 Å². The Kier molecular flexibility index (Phi) is 6.50. The number of nitrogens with two attached hydrogens (primary N) is 1. The van der Waals surface area contributed by atoms with Gasteiger partial charge in [-0.15, -0.1) is 11.8 Å². The van der Waals surface area contributed by atoms with Gasteiger partial charge in [0.05, 0.1) is 16.3 Å². The molecule has 0 unspecified atom stereocenters. The Labute approximate surface area is 153 Å². The molecule has 0 spiro atoms. The summed E-state index contributed by atoms with van der Waals surface area (Å²) in [6.07, 6.45) is 0.995. The quantitative estimate of drug-likeness (QED) is 0.687. The minimum absolute atomic E-state index is 0.0857. The lowest BCUT2D eigenvalue weighted by molar-refractivity contribution is -0.115. The number of amides is 1. The molecule has 1 amide bonds. The van der Waals surface area contributed by atoms with Crippen LogP contribution in [0.5, 0.6) is 0 Å². The van der Waals surface area contributed by atoms with Crippen LogP contribution in [0.3, 0.4) is 0 Å². The summed E-state index contributed by atoms with van der Waals surface area (Å²) in [7, 11) is -3.70. The molecular weight excluding hydrogens is 356 g/mol. The van der Waals surface area contributed by atoms with Crippen LogP contribution < -0.4 is 10.5 Å². The van der Waals surface area contributed by atoms with Crippen LogP contribution in [0.15, 0.2) is 58.3 Å². The molecule has 0 aliphatic carbocycles. The summed E-state index contributed by atoms with van der Waals surface area (Å²) in [6.45, 7) is 4.20. The van der Waals surface area contributed by atoms with Gasteiger partial charge in [-0.25, -0.2) is 8.42 Å². The molecule has 0 bridgehead atoms. The number of thioether (sulfide) groups is 1. The van der Waals surface area contributed by atoms with Crippen LogP contribution in [0.1, 0.15) is 31.7 Å². The minimum atomic E-state index is -3.70. The highest BCUT2D eigenvalue weighted by Gasteiger charge is 2.17. The number of carbonyl (C=O) groups excluding carboxylic acids is 1. The van der Waals surface area contributed by atoms with Crippen LogP contribution in [0, 0.1) is 0 Å². The summed E-state index contributed by atoms with van der Waals surface area (Å²) < 4.78 is 27.9. The number of sulfonamides is 1. The van der Waals surface area contributed by atoms with E-state index in [-0.39, 0.29) is 10.6 Å². The third kappa shape index (κ3) is 5.24. The fourth-order valence-corrected chi connectivity index (χ4v) is 4.13.